The van der Waals surface area contributed by atoms with E-state index in [2.05, 4.69) is 46.3 Å². The minimum Gasteiger partial charge on any atom is -0.489 e. The van der Waals surface area contributed by atoms with Crippen LogP contribution in [0, 0.1) is 0 Å². The molecular formula is C17H13BrO. The number of rotatable bonds is 3. The molecule has 0 bridgehead atoms. The highest BCUT2D eigenvalue weighted by molar-refractivity contribution is 9.10. The van der Waals surface area contributed by atoms with E-state index in [1.165, 1.54) is 16.3 Å². The van der Waals surface area contributed by atoms with E-state index in [-0.39, 0.29) is 0 Å². The van der Waals surface area contributed by atoms with Gasteiger partial charge in [-0.2, -0.15) is 0 Å². The lowest BCUT2D eigenvalue weighted by molar-refractivity contribution is 0.306. The first-order valence-electron chi connectivity index (χ1n) is 6.18. The summed E-state index contributed by atoms with van der Waals surface area (Å²) in [6, 6.07) is 22.5. The van der Waals surface area contributed by atoms with Crippen LogP contribution < -0.4 is 4.74 Å². The van der Waals surface area contributed by atoms with Crippen molar-refractivity contribution >= 4 is 26.7 Å². The molecule has 1 nitrogen and oxygen atoms in total. The van der Waals surface area contributed by atoms with Crippen LogP contribution in [0.3, 0.4) is 0 Å². The molecule has 0 amide bonds. The molecule has 0 N–H and O–H groups in total. The van der Waals surface area contributed by atoms with Crippen molar-refractivity contribution in [3.8, 4) is 5.75 Å². The van der Waals surface area contributed by atoms with Gasteiger partial charge in [-0.05, 0) is 28.5 Å². The Kier molecular flexibility index (Phi) is 3.51. The summed E-state index contributed by atoms with van der Waals surface area (Å²) < 4.78 is 6.91. The van der Waals surface area contributed by atoms with E-state index in [1.54, 1.807) is 0 Å². The van der Waals surface area contributed by atoms with Crippen LogP contribution in [0.2, 0.25) is 0 Å². The fraction of sp³-hybridized carbons (Fsp3) is 0.0588. The van der Waals surface area contributed by atoms with E-state index in [1.807, 2.05) is 36.4 Å². The highest BCUT2D eigenvalue weighted by atomic mass is 79.9. The van der Waals surface area contributed by atoms with Gasteiger partial charge in [0.05, 0.1) is 0 Å². The van der Waals surface area contributed by atoms with Crippen molar-refractivity contribution < 1.29 is 4.74 Å². The number of ether oxygens (including phenoxy) is 1. The molecule has 0 unspecified atom stereocenters. The Morgan fingerprint density at radius 2 is 1.58 bits per heavy atom. The SMILES string of the molecule is Brc1cc(OCc2ccccc2)cc2ccccc12. The van der Waals surface area contributed by atoms with Crippen LogP contribution in [0.1, 0.15) is 5.56 Å². The van der Waals surface area contributed by atoms with Crippen LogP contribution in [-0.2, 0) is 6.61 Å². The molecule has 0 atom stereocenters. The molecule has 0 aliphatic heterocycles. The van der Waals surface area contributed by atoms with Gasteiger partial charge in [-0.15, -0.1) is 0 Å². The first kappa shape index (κ1) is 12.2. The van der Waals surface area contributed by atoms with Crippen LogP contribution >= 0.6 is 15.9 Å². The third-order valence-corrected chi connectivity index (χ3v) is 3.69. The highest BCUT2D eigenvalue weighted by Gasteiger charge is 2.02. The second-order valence-corrected chi connectivity index (χ2v) is 5.25. The van der Waals surface area contributed by atoms with Gasteiger partial charge in [0.15, 0.2) is 0 Å². The topological polar surface area (TPSA) is 9.23 Å². The van der Waals surface area contributed by atoms with Gasteiger partial charge in [0.2, 0.25) is 0 Å². The van der Waals surface area contributed by atoms with Crippen molar-refractivity contribution in [2.24, 2.45) is 0 Å². The second-order valence-electron chi connectivity index (χ2n) is 4.40. The minimum absolute atomic E-state index is 0.589. The van der Waals surface area contributed by atoms with E-state index in [0.717, 1.165) is 10.2 Å². The van der Waals surface area contributed by atoms with Crippen LogP contribution in [0.25, 0.3) is 10.8 Å². The molecular weight excluding hydrogens is 300 g/mol. The maximum Gasteiger partial charge on any atom is 0.121 e. The standard InChI is InChI=1S/C17H13BrO/c18-17-11-15(10-14-8-4-5-9-16(14)17)19-12-13-6-2-1-3-7-13/h1-11H,12H2. The summed E-state index contributed by atoms with van der Waals surface area (Å²) in [6.07, 6.45) is 0. The second kappa shape index (κ2) is 5.45. The molecule has 0 heterocycles. The van der Waals surface area contributed by atoms with E-state index in [4.69, 9.17) is 4.74 Å². The molecule has 2 heteroatoms. The normalized spacial score (nSPS) is 10.6. The Bertz CT molecular complexity index is 692. The van der Waals surface area contributed by atoms with E-state index >= 15 is 0 Å². The summed E-state index contributed by atoms with van der Waals surface area (Å²) in [4.78, 5) is 0. The maximum atomic E-state index is 5.85. The summed E-state index contributed by atoms with van der Waals surface area (Å²) >= 11 is 3.59. The van der Waals surface area contributed by atoms with Crippen molar-refractivity contribution in [3.05, 3.63) is 76.8 Å². The fourth-order valence-electron chi connectivity index (χ4n) is 2.06. The Hall–Kier alpha value is -1.80. The lowest BCUT2D eigenvalue weighted by Crippen LogP contribution is -1.95. The number of benzene rings is 3. The third-order valence-electron chi connectivity index (χ3n) is 3.03. The number of hydrogen-bond acceptors (Lipinski definition) is 1. The average molecular weight is 313 g/mol. The van der Waals surface area contributed by atoms with Crippen molar-refractivity contribution in [2.75, 3.05) is 0 Å². The number of halogens is 1. The van der Waals surface area contributed by atoms with Gasteiger partial charge in [-0.1, -0.05) is 70.5 Å². The molecule has 0 radical (unpaired) electrons. The molecule has 0 aliphatic carbocycles. The molecule has 0 aliphatic rings. The Morgan fingerprint density at radius 3 is 2.42 bits per heavy atom. The van der Waals surface area contributed by atoms with Gasteiger partial charge in [-0.3, -0.25) is 0 Å². The van der Waals surface area contributed by atoms with Crippen molar-refractivity contribution in [1.82, 2.24) is 0 Å². The smallest absolute Gasteiger partial charge is 0.121 e. The van der Waals surface area contributed by atoms with Crippen molar-refractivity contribution in [3.63, 3.8) is 0 Å². The van der Waals surface area contributed by atoms with Crippen molar-refractivity contribution in [2.45, 2.75) is 6.61 Å². The molecule has 3 aromatic carbocycles. The molecule has 3 rings (SSSR count). The van der Waals surface area contributed by atoms with Crippen LogP contribution in [0.15, 0.2) is 71.2 Å². The number of hydrogen-bond donors (Lipinski definition) is 0. The lowest BCUT2D eigenvalue weighted by atomic mass is 10.1. The van der Waals surface area contributed by atoms with E-state index < -0.39 is 0 Å². The molecule has 0 saturated heterocycles. The number of fused-ring (bicyclic) bond motifs is 1. The third kappa shape index (κ3) is 2.79. The Balaban J connectivity index is 1.85. The van der Waals surface area contributed by atoms with Crippen LogP contribution in [0.5, 0.6) is 5.75 Å². The van der Waals surface area contributed by atoms with Gasteiger partial charge >= 0.3 is 0 Å². The van der Waals surface area contributed by atoms with Gasteiger partial charge in [0.1, 0.15) is 12.4 Å². The van der Waals surface area contributed by atoms with E-state index in [9.17, 15) is 0 Å². The minimum atomic E-state index is 0.589. The molecule has 0 fully saturated rings. The zero-order chi connectivity index (χ0) is 13.1. The summed E-state index contributed by atoms with van der Waals surface area (Å²) in [5.41, 5.74) is 1.17. The first-order chi connectivity index (χ1) is 9.33. The summed E-state index contributed by atoms with van der Waals surface area (Å²) in [7, 11) is 0. The quantitative estimate of drug-likeness (QED) is 0.647. The van der Waals surface area contributed by atoms with Gasteiger partial charge in [-0.25, -0.2) is 0 Å². The lowest BCUT2D eigenvalue weighted by Gasteiger charge is -2.09. The molecule has 0 saturated carbocycles. The van der Waals surface area contributed by atoms with Crippen LogP contribution in [-0.4, -0.2) is 0 Å². The van der Waals surface area contributed by atoms with Gasteiger partial charge < -0.3 is 4.74 Å². The molecule has 3 aromatic rings. The molecule has 94 valence electrons. The summed E-state index contributed by atoms with van der Waals surface area (Å²) in [5.74, 6) is 0.884. The highest BCUT2D eigenvalue weighted by Crippen LogP contribution is 2.29. The molecule has 19 heavy (non-hydrogen) atoms. The van der Waals surface area contributed by atoms with Gasteiger partial charge in [0.25, 0.3) is 0 Å². The van der Waals surface area contributed by atoms with Crippen LogP contribution in [0.4, 0.5) is 0 Å². The first-order valence-corrected chi connectivity index (χ1v) is 6.97. The molecule has 0 spiro atoms. The van der Waals surface area contributed by atoms with E-state index in [0.29, 0.717) is 6.61 Å². The largest absolute Gasteiger partial charge is 0.489 e. The Morgan fingerprint density at radius 1 is 0.842 bits per heavy atom. The molecule has 0 aromatic heterocycles. The average Bonchev–Trinajstić information content (AvgIpc) is 2.46. The fourth-order valence-corrected chi connectivity index (χ4v) is 2.65. The monoisotopic (exact) mass is 312 g/mol. The summed E-state index contributed by atoms with van der Waals surface area (Å²) in [5, 5.41) is 2.38. The zero-order valence-corrected chi connectivity index (χ0v) is 11.9. The predicted molar refractivity (Wildman–Crippen MR) is 82.4 cm³/mol. The maximum absolute atomic E-state index is 5.85. The zero-order valence-electron chi connectivity index (χ0n) is 10.3. The van der Waals surface area contributed by atoms with Gasteiger partial charge in [0, 0.05) is 4.47 Å². The Labute approximate surface area is 121 Å². The predicted octanol–water partition coefficient (Wildman–Crippen LogP) is 5.18. The van der Waals surface area contributed by atoms with Crippen molar-refractivity contribution in [1.29, 1.82) is 0 Å². The summed E-state index contributed by atoms with van der Waals surface area (Å²) in [6.45, 7) is 0.589.